The maximum atomic E-state index is 13.2. The van der Waals surface area contributed by atoms with Crippen molar-refractivity contribution in [1.29, 1.82) is 0 Å². The van der Waals surface area contributed by atoms with Gasteiger partial charge in [0, 0.05) is 53.9 Å². The molecule has 6 aromatic rings. The molecule has 0 amide bonds. The fraction of sp³-hybridized carbons (Fsp3) is 0.256. The lowest BCUT2D eigenvalue weighted by Gasteiger charge is -2.09. The fourth-order valence-corrected chi connectivity index (χ4v) is 6.16. The number of rotatable bonds is 0. The van der Waals surface area contributed by atoms with Crippen molar-refractivity contribution in [3.63, 3.8) is 0 Å². The molecule has 0 fully saturated rings. The van der Waals surface area contributed by atoms with Crippen LogP contribution in [0.3, 0.4) is 0 Å². The highest BCUT2D eigenvalue weighted by Gasteiger charge is 2.16. The third-order valence-corrected chi connectivity index (χ3v) is 8.76. The second-order valence-corrected chi connectivity index (χ2v) is 12.9. The molecule has 13 heteroatoms. The molecule has 0 aliphatic carbocycles. The Morgan fingerprint density at radius 2 is 1.29 bits per heavy atom. The van der Waals surface area contributed by atoms with Gasteiger partial charge in [-0.25, -0.2) is 29.3 Å². The van der Waals surface area contributed by atoms with E-state index < -0.39 is 5.95 Å². The molecule has 0 N–H and O–H groups in total. The monoisotopic (exact) mass is 783 g/mol. The molecule has 0 unspecified atom stereocenters. The average Bonchev–Trinajstić information content (AvgIpc) is 3.52. The first kappa shape index (κ1) is 37.9. The summed E-state index contributed by atoms with van der Waals surface area (Å²) in [5.41, 5.74) is 3.61. The van der Waals surface area contributed by atoms with Crippen molar-refractivity contribution in [3.05, 3.63) is 132 Å². The second kappa shape index (κ2) is 17.8. The van der Waals surface area contributed by atoms with Gasteiger partial charge in [0.1, 0.15) is 23.2 Å². The number of hydrogen-bond acceptors (Lipinski definition) is 7. The highest BCUT2D eigenvalue weighted by molar-refractivity contribution is 9.10. The normalized spacial score (nSPS) is 13.1. The predicted molar refractivity (Wildman–Crippen MR) is 202 cm³/mol. The number of nitrogens with zero attached hydrogens (tertiary/aromatic N) is 7. The van der Waals surface area contributed by atoms with Gasteiger partial charge >= 0.3 is 0 Å². The number of aryl methyl sites for hydroxylation is 2. The van der Waals surface area contributed by atoms with Gasteiger partial charge in [-0.1, -0.05) is 42.7 Å². The SMILES string of the molecule is C#Cc1cccc(F)n1.Cl.O=c1c2ncc(Br)cc2nc2n1CCCCC2.O=c1c2ncc(C#Cc3cccc(F)c3)cc2nc2n1CCCCC2. The van der Waals surface area contributed by atoms with Gasteiger partial charge in [0.05, 0.1) is 11.0 Å². The third kappa shape index (κ3) is 9.32. The van der Waals surface area contributed by atoms with Gasteiger partial charge in [-0.2, -0.15) is 4.39 Å². The summed E-state index contributed by atoms with van der Waals surface area (Å²) < 4.78 is 29.8. The average molecular weight is 785 g/mol. The molecule has 0 bridgehead atoms. The first-order valence-corrected chi connectivity index (χ1v) is 17.4. The highest BCUT2D eigenvalue weighted by atomic mass is 79.9. The van der Waals surface area contributed by atoms with E-state index in [0.717, 1.165) is 74.0 Å². The van der Waals surface area contributed by atoms with Crippen LogP contribution in [-0.4, -0.2) is 34.1 Å². The first-order valence-electron chi connectivity index (χ1n) is 16.6. The Labute approximate surface area is 313 Å². The summed E-state index contributed by atoms with van der Waals surface area (Å²) in [5.74, 6) is 8.97. The van der Waals surface area contributed by atoms with Gasteiger partial charge in [0.2, 0.25) is 5.95 Å². The van der Waals surface area contributed by atoms with Gasteiger partial charge in [0.25, 0.3) is 11.1 Å². The van der Waals surface area contributed by atoms with E-state index >= 15 is 0 Å². The zero-order chi connectivity index (χ0) is 35.7. The number of benzene rings is 1. The predicted octanol–water partition coefficient (Wildman–Crippen LogP) is 6.96. The van der Waals surface area contributed by atoms with E-state index in [1.54, 1.807) is 45.8 Å². The minimum absolute atomic E-state index is 0. The molecular formula is C39H33BrClF2N7O2. The molecule has 52 heavy (non-hydrogen) atoms. The molecular weight excluding hydrogens is 752 g/mol. The molecule has 2 aliphatic rings. The molecule has 8 rings (SSSR count). The van der Waals surface area contributed by atoms with Crippen LogP contribution in [0.4, 0.5) is 8.78 Å². The fourth-order valence-electron chi connectivity index (χ4n) is 5.84. The van der Waals surface area contributed by atoms with E-state index in [1.165, 1.54) is 24.3 Å². The Balaban J connectivity index is 0.000000167. The maximum Gasteiger partial charge on any atom is 0.280 e. The van der Waals surface area contributed by atoms with Crippen LogP contribution in [0.1, 0.15) is 67.0 Å². The van der Waals surface area contributed by atoms with Gasteiger partial charge in [-0.3, -0.25) is 18.7 Å². The van der Waals surface area contributed by atoms with Crippen LogP contribution in [0.15, 0.2) is 81.1 Å². The Kier molecular flexibility index (Phi) is 13.0. The third-order valence-electron chi connectivity index (χ3n) is 8.32. The summed E-state index contributed by atoms with van der Waals surface area (Å²) in [6, 6.07) is 14.1. The minimum atomic E-state index is -0.537. The van der Waals surface area contributed by atoms with Gasteiger partial charge in [0.15, 0.2) is 11.0 Å². The molecule has 1 aromatic carbocycles. The summed E-state index contributed by atoms with van der Waals surface area (Å²) >= 11 is 3.36. The summed E-state index contributed by atoms with van der Waals surface area (Å²) in [6.07, 6.45) is 16.3. The van der Waals surface area contributed by atoms with Gasteiger partial charge in [-0.15, -0.1) is 18.8 Å². The van der Waals surface area contributed by atoms with Crippen molar-refractivity contribution in [2.75, 3.05) is 0 Å². The van der Waals surface area contributed by atoms with Crippen molar-refractivity contribution in [2.24, 2.45) is 0 Å². The molecule has 0 saturated heterocycles. The number of aromatic nitrogens is 7. The van der Waals surface area contributed by atoms with Crippen LogP contribution in [0, 0.1) is 35.9 Å². The number of halogens is 4. The minimum Gasteiger partial charge on any atom is -0.295 e. The van der Waals surface area contributed by atoms with Gasteiger partial charge < -0.3 is 0 Å². The number of hydrogen-bond donors (Lipinski definition) is 0. The van der Waals surface area contributed by atoms with Gasteiger partial charge in [-0.05, 0) is 84.1 Å². The van der Waals surface area contributed by atoms with Crippen molar-refractivity contribution in [2.45, 2.75) is 64.5 Å². The van der Waals surface area contributed by atoms with E-state index in [4.69, 9.17) is 6.42 Å². The molecule has 0 atom stereocenters. The molecule has 7 heterocycles. The van der Waals surface area contributed by atoms with Crippen molar-refractivity contribution in [3.8, 4) is 24.2 Å². The van der Waals surface area contributed by atoms with Crippen molar-refractivity contribution in [1.82, 2.24) is 34.1 Å². The van der Waals surface area contributed by atoms with E-state index in [2.05, 4.69) is 58.6 Å². The highest BCUT2D eigenvalue weighted by Crippen LogP contribution is 2.17. The summed E-state index contributed by atoms with van der Waals surface area (Å²) in [7, 11) is 0. The maximum absolute atomic E-state index is 13.2. The number of terminal acetylenes is 1. The molecule has 2 aliphatic heterocycles. The van der Waals surface area contributed by atoms with Crippen molar-refractivity contribution >= 4 is 50.4 Å². The van der Waals surface area contributed by atoms with Crippen LogP contribution in [0.5, 0.6) is 0 Å². The molecule has 0 radical (unpaired) electrons. The number of fused-ring (bicyclic) bond motifs is 4. The van der Waals surface area contributed by atoms with E-state index in [0.29, 0.717) is 45.4 Å². The Morgan fingerprint density at radius 1 is 0.692 bits per heavy atom. The Hall–Kier alpha value is -5.30. The summed E-state index contributed by atoms with van der Waals surface area (Å²) in [6.45, 7) is 1.48. The molecule has 9 nitrogen and oxygen atoms in total. The molecule has 0 saturated carbocycles. The van der Waals surface area contributed by atoms with Crippen LogP contribution in [0.2, 0.25) is 0 Å². The van der Waals surface area contributed by atoms with Crippen molar-refractivity contribution < 1.29 is 8.78 Å². The van der Waals surface area contributed by atoms with Crippen LogP contribution < -0.4 is 11.1 Å². The standard InChI is InChI=1S/C20H16FN3O.C12H12BrN3O.C7H4FN.ClH/c21-16-6-4-5-14(11-16)8-9-15-12-17-19(22-13-15)20(25)24-10-3-1-2-7-18(24)23-17;13-8-6-9-11(14-7-8)12(17)16-5-3-1-2-4-10(16)15-9;1-2-6-4-3-5-7(8)9-6;/h4-6,11-13H,1-3,7,10H2;6-7H,1-5H2;1,3-5H;1H. The largest absolute Gasteiger partial charge is 0.295 e. The lowest BCUT2D eigenvalue weighted by Crippen LogP contribution is -2.25. The van der Waals surface area contributed by atoms with Crippen LogP contribution >= 0.6 is 28.3 Å². The quantitative estimate of drug-likeness (QED) is 0.121. The number of pyridine rings is 3. The zero-order valence-electron chi connectivity index (χ0n) is 28.0. The first-order chi connectivity index (χ1) is 24.8. The second-order valence-electron chi connectivity index (χ2n) is 12.0. The molecule has 264 valence electrons. The Bertz CT molecular complexity index is 2470. The van der Waals surface area contributed by atoms with E-state index in [1.807, 2.05) is 6.07 Å². The molecule has 5 aromatic heterocycles. The summed E-state index contributed by atoms with van der Waals surface area (Å²) in [4.78, 5) is 46.0. The lowest BCUT2D eigenvalue weighted by atomic mass is 10.2. The summed E-state index contributed by atoms with van der Waals surface area (Å²) in [5, 5.41) is 0. The smallest absolute Gasteiger partial charge is 0.280 e. The topological polar surface area (TPSA) is 108 Å². The zero-order valence-corrected chi connectivity index (χ0v) is 30.4. The lowest BCUT2D eigenvalue weighted by molar-refractivity contribution is 0.582. The van der Waals surface area contributed by atoms with E-state index in [9.17, 15) is 18.4 Å². The van der Waals surface area contributed by atoms with Crippen LogP contribution in [0.25, 0.3) is 22.1 Å². The molecule has 0 spiro atoms. The van der Waals surface area contributed by atoms with E-state index in [-0.39, 0.29) is 29.3 Å². The van der Waals surface area contributed by atoms with Crippen LogP contribution in [-0.2, 0) is 25.9 Å². The Morgan fingerprint density at radius 3 is 1.88 bits per heavy atom.